The SMILES string of the molecule is COc1ccc(CN=C(N)NCCCc2nc3ccccc3[nH]2)cc1OC. The highest BCUT2D eigenvalue weighted by Crippen LogP contribution is 2.27. The Bertz CT molecular complexity index is 887. The molecular formula is C20H25N5O2. The first kappa shape index (κ1) is 18.6. The van der Waals surface area contributed by atoms with Gasteiger partial charge >= 0.3 is 0 Å². The van der Waals surface area contributed by atoms with Gasteiger partial charge in [-0.25, -0.2) is 9.98 Å². The van der Waals surface area contributed by atoms with Gasteiger partial charge < -0.3 is 25.5 Å². The fourth-order valence-corrected chi connectivity index (χ4v) is 2.81. The number of rotatable bonds is 8. The summed E-state index contributed by atoms with van der Waals surface area (Å²) in [4.78, 5) is 12.3. The summed E-state index contributed by atoms with van der Waals surface area (Å²) >= 11 is 0. The van der Waals surface area contributed by atoms with Crippen molar-refractivity contribution in [2.24, 2.45) is 10.7 Å². The van der Waals surface area contributed by atoms with E-state index in [4.69, 9.17) is 15.2 Å². The van der Waals surface area contributed by atoms with E-state index in [0.717, 1.165) is 41.8 Å². The third-order valence-electron chi connectivity index (χ3n) is 4.21. The number of hydrogen-bond acceptors (Lipinski definition) is 4. The van der Waals surface area contributed by atoms with Crippen LogP contribution in [0.5, 0.6) is 11.5 Å². The van der Waals surface area contributed by atoms with E-state index in [1.54, 1.807) is 14.2 Å². The number of guanidine groups is 1. The third kappa shape index (κ3) is 4.91. The van der Waals surface area contributed by atoms with Gasteiger partial charge in [-0.3, -0.25) is 0 Å². The quantitative estimate of drug-likeness (QED) is 0.323. The van der Waals surface area contributed by atoms with Gasteiger partial charge in [0, 0.05) is 13.0 Å². The minimum atomic E-state index is 0.425. The van der Waals surface area contributed by atoms with Gasteiger partial charge in [0.05, 0.1) is 31.8 Å². The molecule has 27 heavy (non-hydrogen) atoms. The van der Waals surface area contributed by atoms with Crippen molar-refractivity contribution in [2.75, 3.05) is 20.8 Å². The highest BCUT2D eigenvalue weighted by Gasteiger charge is 2.04. The first-order valence-corrected chi connectivity index (χ1v) is 8.88. The van der Waals surface area contributed by atoms with Crippen molar-refractivity contribution in [1.82, 2.24) is 15.3 Å². The van der Waals surface area contributed by atoms with Gasteiger partial charge in [0.1, 0.15) is 5.82 Å². The predicted octanol–water partition coefficient (Wildman–Crippen LogP) is 2.62. The molecule has 142 valence electrons. The number of imidazole rings is 1. The Labute approximate surface area is 158 Å². The summed E-state index contributed by atoms with van der Waals surface area (Å²) in [6.45, 7) is 1.21. The highest BCUT2D eigenvalue weighted by atomic mass is 16.5. The van der Waals surface area contributed by atoms with Crippen LogP contribution in [0.25, 0.3) is 11.0 Å². The Hall–Kier alpha value is -3.22. The standard InChI is InChI=1S/C20H25N5O2/c1-26-17-10-9-14(12-18(17)27-2)13-23-20(21)22-11-5-8-19-24-15-6-3-4-7-16(15)25-19/h3-4,6-7,9-10,12H,5,8,11,13H2,1-2H3,(H,24,25)(H3,21,22,23). The lowest BCUT2D eigenvalue weighted by molar-refractivity contribution is 0.354. The van der Waals surface area contributed by atoms with Crippen LogP contribution in [0.3, 0.4) is 0 Å². The molecule has 0 unspecified atom stereocenters. The molecule has 0 radical (unpaired) electrons. The van der Waals surface area contributed by atoms with E-state index < -0.39 is 0 Å². The molecule has 0 aliphatic heterocycles. The van der Waals surface area contributed by atoms with Crippen molar-refractivity contribution in [3.05, 3.63) is 53.9 Å². The highest BCUT2D eigenvalue weighted by molar-refractivity contribution is 5.77. The summed E-state index contributed by atoms with van der Waals surface area (Å²) in [6.07, 6.45) is 1.76. The van der Waals surface area contributed by atoms with Crippen LogP contribution in [0, 0.1) is 0 Å². The fourth-order valence-electron chi connectivity index (χ4n) is 2.81. The first-order chi connectivity index (χ1) is 13.2. The minimum Gasteiger partial charge on any atom is -0.493 e. The molecule has 7 heteroatoms. The van der Waals surface area contributed by atoms with Crippen LogP contribution >= 0.6 is 0 Å². The minimum absolute atomic E-state index is 0.425. The second-order valence-electron chi connectivity index (χ2n) is 6.12. The lowest BCUT2D eigenvalue weighted by Gasteiger charge is -2.09. The normalized spacial score (nSPS) is 11.6. The summed E-state index contributed by atoms with van der Waals surface area (Å²) in [5.74, 6) is 2.79. The van der Waals surface area contributed by atoms with E-state index in [1.165, 1.54) is 0 Å². The number of methoxy groups -OCH3 is 2. The summed E-state index contributed by atoms with van der Waals surface area (Å²) in [6, 6.07) is 13.7. The van der Waals surface area contributed by atoms with Gasteiger partial charge in [0.15, 0.2) is 17.5 Å². The smallest absolute Gasteiger partial charge is 0.188 e. The molecule has 3 aromatic rings. The molecule has 0 bridgehead atoms. The number of aliphatic imine (C=N–C) groups is 1. The largest absolute Gasteiger partial charge is 0.493 e. The van der Waals surface area contributed by atoms with Crippen molar-refractivity contribution in [3.63, 3.8) is 0 Å². The molecule has 4 N–H and O–H groups in total. The van der Waals surface area contributed by atoms with Gasteiger partial charge in [0.25, 0.3) is 0 Å². The zero-order chi connectivity index (χ0) is 19.1. The van der Waals surface area contributed by atoms with Crippen molar-refractivity contribution in [3.8, 4) is 11.5 Å². The van der Waals surface area contributed by atoms with E-state index in [2.05, 4.69) is 20.3 Å². The van der Waals surface area contributed by atoms with Gasteiger partial charge in [-0.05, 0) is 36.2 Å². The third-order valence-corrected chi connectivity index (χ3v) is 4.21. The average Bonchev–Trinajstić information content (AvgIpc) is 3.12. The number of nitrogens with zero attached hydrogens (tertiary/aromatic N) is 2. The van der Waals surface area contributed by atoms with Crippen LogP contribution in [0.15, 0.2) is 47.5 Å². The van der Waals surface area contributed by atoms with Crippen LogP contribution in [0.4, 0.5) is 0 Å². The summed E-state index contributed by atoms with van der Waals surface area (Å²) in [5, 5.41) is 3.14. The zero-order valence-corrected chi connectivity index (χ0v) is 15.7. The van der Waals surface area contributed by atoms with Gasteiger partial charge in [-0.1, -0.05) is 18.2 Å². The second-order valence-corrected chi connectivity index (χ2v) is 6.12. The van der Waals surface area contributed by atoms with Crippen molar-refractivity contribution < 1.29 is 9.47 Å². The molecule has 7 nitrogen and oxygen atoms in total. The number of ether oxygens (including phenoxy) is 2. The Kier molecular flexibility index (Phi) is 6.14. The molecule has 0 amide bonds. The zero-order valence-electron chi connectivity index (χ0n) is 15.7. The maximum absolute atomic E-state index is 5.95. The number of aromatic amines is 1. The van der Waals surface area contributed by atoms with Crippen LogP contribution in [0.2, 0.25) is 0 Å². The number of aromatic nitrogens is 2. The van der Waals surface area contributed by atoms with Crippen LogP contribution in [-0.4, -0.2) is 36.7 Å². The molecule has 0 saturated heterocycles. The lowest BCUT2D eigenvalue weighted by atomic mass is 10.2. The van der Waals surface area contributed by atoms with Crippen molar-refractivity contribution in [1.29, 1.82) is 0 Å². The lowest BCUT2D eigenvalue weighted by Crippen LogP contribution is -2.32. The number of fused-ring (bicyclic) bond motifs is 1. The molecule has 0 atom stereocenters. The summed E-state index contributed by atoms with van der Waals surface area (Å²) in [7, 11) is 3.23. The van der Waals surface area contributed by atoms with E-state index in [1.807, 2.05) is 42.5 Å². The van der Waals surface area contributed by atoms with Crippen molar-refractivity contribution >= 4 is 17.0 Å². The Balaban J connectivity index is 1.45. The molecule has 0 aliphatic carbocycles. The molecular weight excluding hydrogens is 342 g/mol. The van der Waals surface area contributed by atoms with E-state index in [0.29, 0.717) is 24.0 Å². The van der Waals surface area contributed by atoms with Gasteiger partial charge in [-0.2, -0.15) is 0 Å². The monoisotopic (exact) mass is 367 g/mol. The maximum atomic E-state index is 5.95. The average molecular weight is 367 g/mol. The fraction of sp³-hybridized carbons (Fsp3) is 0.300. The van der Waals surface area contributed by atoms with Crippen molar-refractivity contribution in [2.45, 2.75) is 19.4 Å². The number of aryl methyl sites for hydroxylation is 1. The van der Waals surface area contributed by atoms with E-state index >= 15 is 0 Å². The number of benzene rings is 2. The Morgan fingerprint density at radius 2 is 1.96 bits per heavy atom. The number of hydrogen-bond donors (Lipinski definition) is 3. The van der Waals surface area contributed by atoms with E-state index in [9.17, 15) is 0 Å². The Morgan fingerprint density at radius 3 is 2.74 bits per heavy atom. The molecule has 2 aromatic carbocycles. The van der Waals surface area contributed by atoms with Gasteiger partial charge in [-0.15, -0.1) is 0 Å². The Morgan fingerprint density at radius 1 is 1.15 bits per heavy atom. The summed E-state index contributed by atoms with van der Waals surface area (Å²) in [5.41, 5.74) is 9.01. The van der Waals surface area contributed by atoms with E-state index in [-0.39, 0.29) is 0 Å². The van der Waals surface area contributed by atoms with Gasteiger partial charge in [0.2, 0.25) is 0 Å². The summed E-state index contributed by atoms with van der Waals surface area (Å²) < 4.78 is 10.5. The molecule has 1 heterocycles. The second kappa shape index (κ2) is 8.93. The number of nitrogens with one attached hydrogen (secondary N) is 2. The first-order valence-electron chi connectivity index (χ1n) is 8.88. The molecule has 0 spiro atoms. The maximum Gasteiger partial charge on any atom is 0.188 e. The molecule has 0 aliphatic rings. The molecule has 0 saturated carbocycles. The van der Waals surface area contributed by atoms with Crippen LogP contribution in [-0.2, 0) is 13.0 Å². The van der Waals surface area contributed by atoms with Crippen LogP contribution < -0.4 is 20.5 Å². The molecule has 1 aromatic heterocycles. The number of para-hydroxylation sites is 2. The molecule has 3 rings (SSSR count). The van der Waals surface area contributed by atoms with Crippen LogP contribution in [0.1, 0.15) is 17.8 Å². The molecule has 0 fully saturated rings. The topological polar surface area (TPSA) is 97.5 Å². The number of nitrogens with two attached hydrogens (primary N) is 1. The predicted molar refractivity (Wildman–Crippen MR) is 107 cm³/mol. The number of H-pyrrole nitrogens is 1.